The lowest BCUT2D eigenvalue weighted by atomic mass is 10.1. The fraction of sp³-hybridized carbons (Fsp3) is 0.571. The summed E-state index contributed by atoms with van der Waals surface area (Å²) in [6, 6.07) is 0. The standard InChI is InChI=1S/C7H10Cl2O2/c1-2-5(7(8)9)3-4-6(10)11/h2-4H2,1H3,(H,10,11). The van der Waals surface area contributed by atoms with E-state index in [0.29, 0.717) is 12.8 Å². The molecule has 0 heterocycles. The van der Waals surface area contributed by atoms with Gasteiger partial charge in [-0.25, -0.2) is 0 Å². The zero-order valence-corrected chi connectivity index (χ0v) is 7.74. The van der Waals surface area contributed by atoms with E-state index in [1.54, 1.807) is 0 Å². The quantitative estimate of drug-likeness (QED) is 0.752. The highest BCUT2D eigenvalue weighted by Crippen LogP contribution is 2.21. The fourth-order valence-corrected chi connectivity index (χ4v) is 1.12. The van der Waals surface area contributed by atoms with Gasteiger partial charge in [-0.05, 0) is 18.4 Å². The van der Waals surface area contributed by atoms with E-state index >= 15 is 0 Å². The zero-order chi connectivity index (χ0) is 8.85. The summed E-state index contributed by atoms with van der Waals surface area (Å²) in [5, 5.41) is 8.33. The Morgan fingerprint density at radius 1 is 1.36 bits per heavy atom. The Morgan fingerprint density at radius 2 is 1.91 bits per heavy atom. The second-order valence-corrected chi connectivity index (χ2v) is 3.06. The first-order valence-corrected chi connectivity index (χ1v) is 4.08. The van der Waals surface area contributed by atoms with E-state index in [1.165, 1.54) is 0 Å². The van der Waals surface area contributed by atoms with Crippen LogP contribution in [0.2, 0.25) is 0 Å². The highest BCUT2D eigenvalue weighted by atomic mass is 35.5. The van der Waals surface area contributed by atoms with Crippen LogP contribution in [0.3, 0.4) is 0 Å². The molecule has 0 bridgehead atoms. The van der Waals surface area contributed by atoms with Gasteiger partial charge in [0.25, 0.3) is 0 Å². The monoisotopic (exact) mass is 196 g/mol. The Morgan fingerprint density at radius 3 is 2.18 bits per heavy atom. The molecule has 0 saturated carbocycles. The van der Waals surface area contributed by atoms with Gasteiger partial charge in [0, 0.05) is 6.42 Å². The molecule has 0 radical (unpaired) electrons. The molecule has 0 aromatic rings. The van der Waals surface area contributed by atoms with E-state index in [9.17, 15) is 4.79 Å². The lowest BCUT2D eigenvalue weighted by molar-refractivity contribution is -0.136. The van der Waals surface area contributed by atoms with Gasteiger partial charge in [0.2, 0.25) is 0 Å². The molecular formula is C7H10Cl2O2. The SMILES string of the molecule is CCC(CCC(=O)O)=C(Cl)Cl. The smallest absolute Gasteiger partial charge is 0.303 e. The van der Waals surface area contributed by atoms with Crippen LogP contribution in [0.1, 0.15) is 26.2 Å². The molecule has 0 atom stereocenters. The van der Waals surface area contributed by atoms with Crippen molar-refractivity contribution in [2.45, 2.75) is 26.2 Å². The number of aliphatic carboxylic acids is 1. The van der Waals surface area contributed by atoms with E-state index in [0.717, 1.165) is 5.57 Å². The van der Waals surface area contributed by atoms with Crippen molar-refractivity contribution >= 4 is 29.2 Å². The highest BCUT2D eigenvalue weighted by Gasteiger charge is 2.03. The van der Waals surface area contributed by atoms with Crippen molar-refractivity contribution in [3.05, 3.63) is 10.1 Å². The summed E-state index contributed by atoms with van der Waals surface area (Å²) < 4.78 is 0.203. The van der Waals surface area contributed by atoms with E-state index in [-0.39, 0.29) is 10.9 Å². The number of allylic oxidation sites excluding steroid dienone is 1. The van der Waals surface area contributed by atoms with E-state index < -0.39 is 5.97 Å². The Bertz CT molecular complexity index is 171. The van der Waals surface area contributed by atoms with Crippen LogP contribution >= 0.6 is 23.2 Å². The Hall–Kier alpha value is -0.210. The average Bonchev–Trinajstić information content (AvgIpc) is 1.87. The molecule has 11 heavy (non-hydrogen) atoms. The number of carboxylic acid groups (broad SMARTS) is 1. The molecule has 0 rings (SSSR count). The van der Waals surface area contributed by atoms with Crippen LogP contribution in [0.25, 0.3) is 0 Å². The van der Waals surface area contributed by atoms with Gasteiger partial charge in [-0.2, -0.15) is 0 Å². The summed E-state index contributed by atoms with van der Waals surface area (Å²) in [4.78, 5) is 10.1. The van der Waals surface area contributed by atoms with Gasteiger partial charge in [0.05, 0.1) is 0 Å². The highest BCUT2D eigenvalue weighted by molar-refractivity contribution is 6.56. The number of rotatable bonds is 4. The van der Waals surface area contributed by atoms with Gasteiger partial charge in [-0.1, -0.05) is 30.1 Å². The molecule has 0 saturated heterocycles. The van der Waals surface area contributed by atoms with Crippen LogP contribution in [0, 0.1) is 0 Å². The molecular weight excluding hydrogens is 187 g/mol. The predicted molar refractivity (Wildman–Crippen MR) is 45.9 cm³/mol. The van der Waals surface area contributed by atoms with Crippen molar-refractivity contribution in [3.8, 4) is 0 Å². The molecule has 0 aliphatic carbocycles. The molecule has 0 aliphatic heterocycles. The van der Waals surface area contributed by atoms with Crippen molar-refractivity contribution in [2.75, 3.05) is 0 Å². The van der Waals surface area contributed by atoms with E-state index in [1.807, 2.05) is 6.92 Å². The van der Waals surface area contributed by atoms with Crippen LogP contribution in [-0.2, 0) is 4.79 Å². The topological polar surface area (TPSA) is 37.3 Å². The van der Waals surface area contributed by atoms with Crippen LogP contribution in [0.15, 0.2) is 10.1 Å². The molecule has 0 amide bonds. The third-order valence-corrected chi connectivity index (χ3v) is 1.87. The lowest BCUT2D eigenvalue weighted by Gasteiger charge is -2.00. The maximum atomic E-state index is 10.1. The summed E-state index contributed by atoms with van der Waals surface area (Å²) >= 11 is 11.0. The molecule has 0 aliphatic rings. The summed E-state index contributed by atoms with van der Waals surface area (Å²) in [6.07, 6.45) is 1.23. The van der Waals surface area contributed by atoms with Crippen LogP contribution in [0.4, 0.5) is 0 Å². The molecule has 0 spiro atoms. The Kier molecular flexibility index (Phi) is 5.34. The Labute approximate surface area is 75.8 Å². The lowest BCUT2D eigenvalue weighted by Crippen LogP contribution is -1.95. The van der Waals surface area contributed by atoms with Gasteiger partial charge in [-0.15, -0.1) is 0 Å². The minimum Gasteiger partial charge on any atom is -0.481 e. The molecule has 0 aromatic carbocycles. The van der Waals surface area contributed by atoms with Gasteiger partial charge >= 0.3 is 5.97 Å². The number of carbonyl (C=O) groups is 1. The first-order chi connectivity index (χ1) is 5.07. The molecule has 64 valence electrons. The van der Waals surface area contributed by atoms with Crippen LogP contribution < -0.4 is 0 Å². The molecule has 0 fully saturated rings. The summed E-state index contributed by atoms with van der Waals surface area (Å²) in [5.74, 6) is -0.828. The summed E-state index contributed by atoms with van der Waals surface area (Å²) in [7, 11) is 0. The van der Waals surface area contributed by atoms with Crippen molar-refractivity contribution in [3.63, 3.8) is 0 Å². The van der Waals surface area contributed by atoms with Crippen molar-refractivity contribution in [2.24, 2.45) is 0 Å². The maximum absolute atomic E-state index is 10.1. The molecule has 2 nitrogen and oxygen atoms in total. The third-order valence-electron chi connectivity index (χ3n) is 1.33. The summed E-state index contributed by atoms with van der Waals surface area (Å²) in [6.45, 7) is 1.89. The summed E-state index contributed by atoms with van der Waals surface area (Å²) in [5.41, 5.74) is 0.802. The Balaban J connectivity index is 3.91. The number of carboxylic acids is 1. The van der Waals surface area contributed by atoms with Gasteiger partial charge < -0.3 is 5.11 Å². The normalized spacial score (nSPS) is 9.36. The first-order valence-electron chi connectivity index (χ1n) is 3.32. The number of hydrogen-bond acceptors (Lipinski definition) is 1. The first kappa shape index (κ1) is 10.8. The maximum Gasteiger partial charge on any atom is 0.303 e. The van der Waals surface area contributed by atoms with E-state index in [2.05, 4.69) is 0 Å². The van der Waals surface area contributed by atoms with E-state index in [4.69, 9.17) is 28.3 Å². The predicted octanol–water partition coefficient (Wildman–Crippen LogP) is 2.95. The number of hydrogen-bond donors (Lipinski definition) is 1. The zero-order valence-electron chi connectivity index (χ0n) is 6.23. The minimum atomic E-state index is -0.828. The van der Waals surface area contributed by atoms with Gasteiger partial charge in [0.15, 0.2) is 0 Å². The fourth-order valence-electron chi connectivity index (χ4n) is 0.663. The van der Waals surface area contributed by atoms with Gasteiger partial charge in [-0.3, -0.25) is 4.79 Å². The largest absolute Gasteiger partial charge is 0.481 e. The third kappa shape index (κ3) is 5.10. The van der Waals surface area contributed by atoms with Crippen LogP contribution in [0.5, 0.6) is 0 Å². The number of halogens is 2. The molecule has 0 unspecified atom stereocenters. The van der Waals surface area contributed by atoms with Crippen molar-refractivity contribution < 1.29 is 9.90 Å². The van der Waals surface area contributed by atoms with Crippen LogP contribution in [-0.4, -0.2) is 11.1 Å². The second kappa shape index (κ2) is 5.44. The molecule has 4 heteroatoms. The van der Waals surface area contributed by atoms with Crippen molar-refractivity contribution in [1.82, 2.24) is 0 Å². The van der Waals surface area contributed by atoms with Gasteiger partial charge in [0.1, 0.15) is 4.49 Å². The second-order valence-electron chi connectivity index (χ2n) is 2.11. The molecule has 0 aromatic heterocycles. The minimum absolute atomic E-state index is 0.0894. The average molecular weight is 197 g/mol. The van der Waals surface area contributed by atoms with Crippen molar-refractivity contribution in [1.29, 1.82) is 0 Å². The molecule has 1 N–H and O–H groups in total.